The summed E-state index contributed by atoms with van der Waals surface area (Å²) in [6.07, 6.45) is 0. The number of aryl methyl sites for hydroxylation is 2. The van der Waals surface area contributed by atoms with Crippen molar-refractivity contribution in [3.05, 3.63) is 41.2 Å². The number of nitrogens with zero attached hydrogens (tertiary/aromatic N) is 2. The molecule has 1 aromatic heterocycles. The summed E-state index contributed by atoms with van der Waals surface area (Å²) in [5.74, 6) is 2.24. The Morgan fingerprint density at radius 1 is 1.00 bits per heavy atom. The Morgan fingerprint density at radius 2 is 1.63 bits per heavy atom. The van der Waals surface area contributed by atoms with Gasteiger partial charge in [0.05, 0.1) is 0 Å². The molecule has 0 atom stereocenters. The van der Waals surface area contributed by atoms with Gasteiger partial charge in [0.25, 0.3) is 0 Å². The first kappa shape index (κ1) is 13.3. The first-order valence-electron chi connectivity index (χ1n) is 6.44. The van der Waals surface area contributed by atoms with E-state index >= 15 is 0 Å². The monoisotopic (exact) mass is 256 g/mol. The first-order valence-corrected chi connectivity index (χ1v) is 6.44. The number of hydrogen-bond donors (Lipinski definition) is 2. The maximum absolute atomic E-state index is 5.82. The van der Waals surface area contributed by atoms with Gasteiger partial charge in [-0.2, -0.15) is 0 Å². The lowest BCUT2D eigenvalue weighted by atomic mass is 10.1. The maximum atomic E-state index is 5.82. The van der Waals surface area contributed by atoms with Crippen LogP contribution < -0.4 is 11.1 Å². The largest absolute Gasteiger partial charge is 0.384 e. The van der Waals surface area contributed by atoms with Crippen molar-refractivity contribution in [1.29, 1.82) is 0 Å². The third kappa shape index (κ3) is 3.44. The Morgan fingerprint density at radius 3 is 2.21 bits per heavy atom. The molecule has 0 aliphatic heterocycles. The number of benzene rings is 1. The first-order chi connectivity index (χ1) is 8.94. The van der Waals surface area contributed by atoms with Crippen molar-refractivity contribution in [3.63, 3.8) is 0 Å². The zero-order valence-corrected chi connectivity index (χ0v) is 11.9. The summed E-state index contributed by atoms with van der Waals surface area (Å²) in [6.45, 7) is 8.25. The highest BCUT2D eigenvalue weighted by Crippen LogP contribution is 2.21. The fourth-order valence-corrected chi connectivity index (χ4v) is 2.00. The van der Waals surface area contributed by atoms with E-state index in [2.05, 4.69) is 61.2 Å². The molecule has 0 unspecified atom stereocenters. The van der Waals surface area contributed by atoms with Crippen molar-refractivity contribution in [1.82, 2.24) is 9.97 Å². The molecule has 0 aliphatic rings. The Bertz CT molecular complexity index is 570. The number of anilines is 3. The standard InChI is InChI=1S/C15H20N4/c1-9(2)15-18-13(16)8-14(19-15)17-12-6-10(3)5-11(4)7-12/h5-9H,1-4H3,(H3,16,17,18,19). The number of rotatable bonds is 3. The van der Waals surface area contributed by atoms with Crippen LogP contribution in [-0.4, -0.2) is 9.97 Å². The molecular formula is C15H20N4. The smallest absolute Gasteiger partial charge is 0.136 e. The number of nitrogens with two attached hydrogens (primary N) is 1. The quantitative estimate of drug-likeness (QED) is 0.881. The number of nitrogens with one attached hydrogen (secondary N) is 1. The van der Waals surface area contributed by atoms with Crippen molar-refractivity contribution < 1.29 is 0 Å². The summed E-state index contributed by atoms with van der Waals surface area (Å²) < 4.78 is 0. The predicted octanol–water partition coefficient (Wildman–Crippen LogP) is 3.54. The molecule has 0 spiro atoms. The lowest BCUT2D eigenvalue weighted by molar-refractivity contribution is 0.779. The van der Waals surface area contributed by atoms with Crippen LogP contribution in [0.2, 0.25) is 0 Å². The van der Waals surface area contributed by atoms with Crippen LogP contribution in [0.3, 0.4) is 0 Å². The van der Waals surface area contributed by atoms with Gasteiger partial charge in [0.1, 0.15) is 17.5 Å². The number of nitrogen functional groups attached to an aromatic ring is 1. The SMILES string of the molecule is Cc1cc(C)cc(Nc2cc(N)nc(C(C)C)n2)c1. The molecule has 4 nitrogen and oxygen atoms in total. The third-order valence-electron chi connectivity index (χ3n) is 2.77. The second-order valence-electron chi connectivity index (χ2n) is 5.19. The predicted molar refractivity (Wildman–Crippen MR) is 79.7 cm³/mol. The van der Waals surface area contributed by atoms with Crippen LogP contribution >= 0.6 is 0 Å². The topological polar surface area (TPSA) is 63.8 Å². The molecular weight excluding hydrogens is 236 g/mol. The van der Waals surface area contributed by atoms with Gasteiger partial charge in [-0.1, -0.05) is 19.9 Å². The molecule has 2 aromatic rings. The molecule has 3 N–H and O–H groups in total. The minimum Gasteiger partial charge on any atom is -0.384 e. The molecule has 19 heavy (non-hydrogen) atoms. The zero-order chi connectivity index (χ0) is 14.0. The Labute approximate surface area is 114 Å². The molecule has 0 radical (unpaired) electrons. The van der Waals surface area contributed by atoms with Crippen LogP contribution in [0.4, 0.5) is 17.3 Å². The fourth-order valence-electron chi connectivity index (χ4n) is 2.00. The van der Waals surface area contributed by atoms with Gasteiger partial charge >= 0.3 is 0 Å². The van der Waals surface area contributed by atoms with Gasteiger partial charge in [-0.05, 0) is 37.1 Å². The summed E-state index contributed by atoms with van der Waals surface area (Å²) in [6, 6.07) is 8.06. The van der Waals surface area contributed by atoms with Gasteiger partial charge in [-0.25, -0.2) is 9.97 Å². The summed E-state index contributed by atoms with van der Waals surface area (Å²) >= 11 is 0. The van der Waals surface area contributed by atoms with Crippen molar-refractivity contribution in [2.75, 3.05) is 11.1 Å². The van der Waals surface area contributed by atoms with Gasteiger partial charge in [-0.15, -0.1) is 0 Å². The highest BCUT2D eigenvalue weighted by atomic mass is 15.1. The minimum atomic E-state index is 0.253. The van der Waals surface area contributed by atoms with E-state index in [1.165, 1.54) is 11.1 Å². The molecule has 1 aromatic carbocycles. The molecule has 0 aliphatic carbocycles. The molecule has 0 bridgehead atoms. The van der Waals surface area contributed by atoms with Crippen molar-refractivity contribution in [3.8, 4) is 0 Å². The Kier molecular flexibility index (Phi) is 3.69. The van der Waals surface area contributed by atoms with Gasteiger partial charge in [0, 0.05) is 17.7 Å². The van der Waals surface area contributed by atoms with Crippen LogP contribution in [0.15, 0.2) is 24.3 Å². The summed E-state index contributed by atoms with van der Waals surface area (Å²) in [7, 11) is 0. The molecule has 1 heterocycles. The van der Waals surface area contributed by atoms with E-state index in [0.717, 1.165) is 17.3 Å². The van der Waals surface area contributed by atoms with Crippen molar-refractivity contribution >= 4 is 17.3 Å². The maximum Gasteiger partial charge on any atom is 0.136 e. The van der Waals surface area contributed by atoms with E-state index in [1.807, 2.05) is 0 Å². The van der Waals surface area contributed by atoms with Crippen LogP contribution in [0, 0.1) is 13.8 Å². The highest BCUT2D eigenvalue weighted by molar-refractivity contribution is 5.60. The van der Waals surface area contributed by atoms with Crippen LogP contribution in [0.25, 0.3) is 0 Å². The lowest BCUT2D eigenvalue weighted by Crippen LogP contribution is -2.05. The summed E-state index contributed by atoms with van der Waals surface area (Å²) in [5.41, 5.74) is 9.27. The van der Waals surface area contributed by atoms with E-state index in [9.17, 15) is 0 Å². The van der Waals surface area contributed by atoms with E-state index in [0.29, 0.717) is 5.82 Å². The van der Waals surface area contributed by atoms with E-state index in [-0.39, 0.29) is 5.92 Å². The molecule has 0 saturated heterocycles. The van der Waals surface area contributed by atoms with Crippen LogP contribution in [0.1, 0.15) is 36.7 Å². The molecule has 100 valence electrons. The second kappa shape index (κ2) is 5.26. The molecule has 2 rings (SSSR count). The van der Waals surface area contributed by atoms with Crippen molar-refractivity contribution in [2.24, 2.45) is 0 Å². The average Bonchev–Trinajstić information content (AvgIpc) is 2.26. The Hall–Kier alpha value is -2.10. The van der Waals surface area contributed by atoms with E-state index in [4.69, 9.17) is 5.73 Å². The van der Waals surface area contributed by atoms with Crippen LogP contribution in [-0.2, 0) is 0 Å². The van der Waals surface area contributed by atoms with E-state index in [1.54, 1.807) is 6.07 Å². The van der Waals surface area contributed by atoms with E-state index < -0.39 is 0 Å². The fraction of sp³-hybridized carbons (Fsp3) is 0.333. The highest BCUT2D eigenvalue weighted by Gasteiger charge is 2.07. The lowest BCUT2D eigenvalue weighted by Gasteiger charge is -2.11. The normalized spacial score (nSPS) is 10.8. The summed E-state index contributed by atoms with van der Waals surface area (Å²) in [5, 5.41) is 3.29. The van der Waals surface area contributed by atoms with Crippen LogP contribution in [0.5, 0.6) is 0 Å². The molecule has 4 heteroatoms. The number of hydrogen-bond acceptors (Lipinski definition) is 4. The summed E-state index contributed by atoms with van der Waals surface area (Å²) in [4.78, 5) is 8.72. The van der Waals surface area contributed by atoms with Gasteiger partial charge < -0.3 is 11.1 Å². The molecule has 0 fully saturated rings. The number of aromatic nitrogens is 2. The zero-order valence-electron chi connectivity index (χ0n) is 11.9. The van der Waals surface area contributed by atoms with Gasteiger partial charge in [0.15, 0.2) is 0 Å². The van der Waals surface area contributed by atoms with Crippen molar-refractivity contribution in [2.45, 2.75) is 33.6 Å². The molecule has 0 saturated carbocycles. The Balaban J connectivity index is 2.32. The van der Waals surface area contributed by atoms with Gasteiger partial charge in [0.2, 0.25) is 0 Å². The average molecular weight is 256 g/mol. The molecule has 0 amide bonds. The minimum absolute atomic E-state index is 0.253. The second-order valence-corrected chi connectivity index (χ2v) is 5.19. The third-order valence-corrected chi connectivity index (χ3v) is 2.77. The van der Waals surface area contributed by atoms with Gasteiger partial charge in [-0.3, -0.25) is 0 Å².